The van der Waals surface area contributed by atoms with E-state index in [0.29, 0.717) is 5.92 Å². The number of carbonyl (C=O) groups excluding carboxylic acids is 1. The number of hydrogen-bond donors (Lipinski definition) is 0. The molecule has 0 aromatic carbocycles. The van der Waals surface area contributed by atoms with Crippen molar-refractivity contribution in [1.82, 2.24) is 9.47 Å². The molecule has 0 N–H and O–H groups in total. The minimum absolute atomic E-state index is 0.185. The first kappa shape index (κ1) is 12.5. The maximum atomic E-state index is 12.6. The molecule has 1 unspecified atom stereocenters. The van der Waals surface area contributed by atoms with Gasteiger partial charge in [0.25, 0.3) is 5.91 Å². The number of piperidine rings is 1. The lowest BCUT2D eigenvalue weighted by Crippen LogP contribution is -2.39. The Balaban J connectivity index is 1.86. The summed E-state index contributed by atoms with van der Waals surface area (Å²) in [5.74, 6) is 0.804. The highest BCUT2D eigenvalue weighted by Gasteiger charge is 2.24. The van der Waals surface area contributed by atoms with Crippen molar-refractivity contribution in [2.75, 3.05) is 13.1 Å². The molecule has 0 bridgehead atoms. The quantitative estimate of drug-likeness (QED) is 0.824. The molecule has 0 spiro atoms. The Morgan fingerprint density at radius 1 is 1.37 bits per heavy atom. The van der Waals surface area contributed by atoms with Crippen molar-refractivity contribution >= 4 is 17.2 Å². The maximum Gasteiger partial charge on any atom is 0.266 e. The van der Waals surface area contributed by atoms with Gasteiger partial charge in [0, 0.05) is 25.5 Å². The van der Waals surface area contributed by atoms with Crippen LogP contribution in [-0.4, -0.2) is 28.5 Å². The van der Waals surface area contributed by atoms with E-state index in [4.69, 9.17) is 0 Å². The lowest BCUT2D eigenvalue weighted by molar-refractivity contribution is 0.0688. The fraction of sp³-hybridized carbons (Fsp3) is 0.400. The van der Waals surface area contributed by atoms with Crippen LogP contribution in [0.2, 0.25) is 0 Å². The molecule has 1 aliphatic heterocycles. The van der Waals surface area contributed by atoms with Gasteiger partial charge in [-0.1, -0.05) is 6.92 Å². The van der Waals surface area contributed by atoms with Gasteiger partial charge in [0.05, 0.1) is 5.69 Å². The number of thiophene rings is 1. The topological polar surface area (TPSA) is 25.2 Å². The van der Waals surface area contributed by atoms with Crippen LogP contribution < -0.4 is 0 Å². The number of hydrogen-bond acceptors (Lipinski definition) is 2. The second kappa shape index (κ2) is 5.21. The van der Waals surface area contributed by atoms with E-state index in [9.17, 15) is 4.79 Å². The third-order valence-corrected chi connectivity index (χ3v) is 4.56. The van der Waals surface area contributed by atoms with Gasteiger partial charge in [-0.2, -0.15) is 0 Å². The van der Waals surface area contributed by atoms with E-state index in [1.165, 1.54) is 17.8 Å². The number of likely N-dealkylation sites (tertiary alicyclic amines) is 1. The molecule has 3 nitrogen and oxygen atoms in total. The monoisotopic (exact) mass is 274 g/mol. The summed E-state index contributed by atoms with van der Waals surface area (Å²) >= 11 is 1.54. The Morgan fingerprint density at radius 3 is 2.89 bits per heavy atom. The summed E-state index contributed by atoms with van der Waals surface area (Å²) in [5.41, 5.74) is 0.998. The lowest BCUT2D eigenvalue weighted by Gasteiger charge is -2.30. The normalized spacial score (nSPS) is 19.6. The SMILES string of the molecule is CC1CCCN(C(=O)c2sccc2-n2cccc2)C1. The molecule has 4 heteroatoms. The average molecular weight is 274 g/mol. The largest absolute Gasteiger partial charge is 0.338 e. The van der Waals surface area contributed by atoms with Crippen LogP contribution in [-0.2, 0) is 0 Å². The number of nitrogens with zero attached hydrogens (tertiary/aromatic N) is 2. The van der Waals surface area contributed by atoms with E-state index in [-0.39, 0.29) is 5.91 Å². The van der Waals surface area contributed by atoms with Gasteiger partial charge in [0.15, 0.2) is 0 Å². The summed E-state index contributed by atoms with van der Waals surface area (Å²) in [6, 6.07) is 5.98. The molecule has 2 aromatic heterocycles. The second-order valence-electron chi connectivity index (χ2n) is 5.22. The molecule has 0 saturated carbocycles. The predicted molar refractivity (Wildman–Crippen MR) is 77.9 cm³/mol. The van der Waals surface area contributed by atoms with E-state index in [1.807, 2.05) is 45.4 Å². The van der Waals surface area contributed by atoms with Crippen molar-refractivity contribution in [3.63, 3.8) is 0 Å². The van der Waals surface area contributed by atoms with E-state index in [2.05, 4.69) is 6.92 Å². The van der Waals surface area contributed by atoms with E-state index >= 15 is 0 Å². The number of carbonyl (C=O) groups is 1. The van der Waals surface area contributed by atoms with Crippen molar-refractivity contribution in [1.29, 1.82) is 0 Å². The first-order valence-corrected chi connectivity index (χ1v) is 7.64. The third-order valence-electron chi connectivity index (χ3n) is 3.67. The zero-order valence-corrected chi connectivity index (χ0v) is 11.9. The van der Waals surface area contributed by atoms with Crippen molar-refractivity contribution in [2.45, 2.75) is 19.8 Å². The van der Waals surface area contributed by atoms with Crippen molar-refractivity contribution in [3.05, 3.63) is 40.8 Å². The third kappa shape index (κ3) is 2.45. The molecule has 0 radical (unpaired) electrons. The average Bonchev–Trinajstić information content (AvgIpc) is 3.08. The van der Waals surface area contributed by atoms with Gasteiger partial charge < -0.3 is 9.47 Å². The molecule has 1 amide bonds. The Labute approximate surface area is 117 Å². The Morgan fingerprint density at radius 2 is 2.16 bits per heavy atom. The van der Waals surface area contributed by atoms with Gasteiger partial charge in [-0.3, -0.25) is 4.79 Å². The molecule has 3 heterocycles. The molecule has 100 valence electrons. The Bertz CT molecular complexity index is 558. The lowest BCUT2D eigenvalue weighted by atomic mass is 10.0. The fourth-order valence-corrected chi connectivity index (χ4v) is 3.54. The fourth-order valence-electron chi connectivity index (χ4n) is 2.68. The van der Waals surface area contributed by atoms with Crippen LogP contribution in [0.5, 0.6) is 0 Å². The Kier molecular flexibility index (Phi) is 3.42. The predicted octanol–water partition coefficient (Wildman–Crippen LogP) is 3.41. The van der Waals surface area contributed by atoms with Crippen molar-refractivity contribution in [2.24, 2.45) is 5.92 Å². The molecular formula is C15H18N2OS. The van der Waals surface area contributed by atoms with Gasteiger partial charge in [0.2, 0.25) is 0 Å². The summed E-state index contributed by atoms with van der Waals surface area (Å²) in [6.07, 6.45) is 6.32. The minimum Gasteiger partial charge on any atom is -0.338 e. The zero-order valence-electron chi connectivity index (χ0n) is 11.1. The summed E-state index contributed by atoms with van der Waals surface area (Å²) < 4.78 is 2.01. The van der Waals surface area contributed by atoms with Gasteiger partial charge in [0.1, 0.15) is 4.88 Å². The smallest absolute Gasteiger partial charge is 0.266 e. The highest BCUT2D eigenvalue weighted by Crippen LogP contribution is 2.25. The van der Waals surface area contributed by atoms with E-state index in [1.54, 1.807) is 0 Å². The van der Waals surface area contributed by atoms with Crippen molar-refractivity contribution in [3.8, 4) is 5.69 Å². The molecule has 3 rings (SSSR count). The summed E-state index contributed by atoms with van der Waals surface area (Å²) in [6.45, 7) is 4.01. The zero-order chi connectivity index (χ0) is 13.2. The second-order valence-corrected chi connectivity index (χ2v) is 6.14. The van der Waals surface area contributed by atoms with Crippen LogP contribution in [0.1, 0.15) is 29.4 Å². The van der Waals surface area contributed by atoms with Gasteiger partial charge in [-0.25, -0.2) is 0 Å². The van der Waals surface area contributed by atoms with E-state index in [0.717, 1.165) is 30.1 Å². The molecule has 2 aromatic rings. The summed E-state index contributed by atoms with van der Waals surface area (Å²) in [5, 5.41) is 2.00. The first-order valence-electron chi connectivity index (χ1n) is 6.76. The van der Waals surface area contributed by atoms with Gasteiger partial charge in [-0.15, -0.1) is 11.3 Å². The van der Waals surface area contributed by atoms with Gasteiger partial charge >= 0.3 is 0 Å². The van der Waals surface area contributed by atoms with Crippen LogP contribution in [0.25, 0.3) is 5.69 Å². The molecular weight excluding hydrogens is 256 g/mol. The maximum absolute atomic E-state index is 12.6. The molecule has 19 heavy (non-hydrogen) atoms. The number of amides is 1. The standard InChI is InChI=1S/C15H18N2OS/c1-12-5-4-9-17(11-12)15(18)14-13(6-10-19-14)16-7-2-3-8-16/h2-3,6-8,10,12H,4-5,9,11H2,1H3. The van der Waals surface area contributed by atoms with Crippen molar-refractivity contribution < 1.29 is 4.79 Å². The minimum atomic E-state index is 0.185. The molecule has 0 aliphatic carbocycles. The van der Waals surface area contributed by atoms with Gasteiger partial charge in [-0.05, 0) is 42.3 Å². The van der Waals surface area contributed by atoms with E-state index < -0.39 is 0 Å². The van der Waals surface area contributed by atoms with Crippen LogP contribution in [0, 0.1) is 5.92 Å². The molecule has 1 aliphatic rings. The molecule has 1 fully saturated rings. The van der Waals surface area contributed by atoms with Crippen LogP contribution in [0.15, 0.2) is 36.0 Å². The highest BCUT2D eigenvalue weighted by atomic mass is 32.1. The van der Waals surface area contributed by atoms with Crippen LogP contribution in [0.3, 0.4) is 0 Å². The Hall–Kier alpha value is -1.55. The van der Waals surface area contributed by atoms with Crippen LogP contribution in [0.4, 0.5) is 0 Å². The number of aromatic nitrogens is 1. The summed E-state index contributed by atoms with van der Waals surface area (Å²) in [7, 11) is 0. The molecule has 1 saturated heterocycles. The number of rotatable bonds is 2. The first-order chi connectivity index (χ1) is 9.25. The molecule has 1 atom stereocenters. The van der Waals surface area contributed by atoms with Crippen LogP contribution >= 0.6 is 11.3 Å². The highest BCUT2D eigenvalue weighted by molar-refractivity contribution is 7.12. The summed E-state index contributed by atoms with van der Waals surface area (Å²) in [4.78, 5) is 15.5.